The van der Waals surface area contributed by atoms with Crippen LogP contribution >= 0.6 is 11.8 Å². The van der Waals surface area contributed by atoms with Gasteiger partial charge in [-0.05, 0) is 47.7 Å². The second-order valence-electron chi connectivity index (χ2n) is 6.92. The van der Waals surface area contributed by atoms with Gasteiger partial charge in [0.25, 0.3) is 5.91 Å². The maximum absolute atomic E-state index is 12.5. The first-order valence-corrected chi connectivity index (χ1v) is 9.70. The van der Waals surface area contributed by atoms with Crippen molar-refractivity contribution in [2.45, 2.75) is 32.6 Å². The molecule has 1 amide bonds. The molecule has 26 heavy (non-hydrogen) atoms. The Morgan fingerprint density at radius 3 is 2.50 bits per heavy atom. The van der Waals surface area contributed by atoms with Crippen molar-refractivity contribution in [3.05, 3.63) is 41.0 Å². The van der Waals surface area contributed by atoms with Crippen LogP contribution in [0.15, 0.2) is 39.9 Å². The summed E-state index contributed by atoms with van der Waals surface area (Å²) >= 11 is 1.38. The first kappa shape index (κ1) is 17.0. The van der Waals surface area contributed by atoms with E-state index in [2.05, 4.69) is 41.0 Å². The molecule has 0 saturated carbocycles. The fraction of sp³-hybridized carbons (Fsp3) is 0.368. The number of thioether (sulfide) groups is 1. The molecule has 1 aromatic carbocycles. The Morgan fingerprint density at radius 2 is 1.85 bits per heavy atom. The number of aliphatic imine (C=N–C) groups is 1. The van der Waals surface area contributed by atoms with Crippen LogP contribution in [0.3, 0.4) is 0 Å². The van der Waals surface area contributed by atoms with Crippen LogP contribution in [0.4, 0.5) is 0 Å². The quantitative estimate of drug-likeness (QED) is 0.812. The van der Waals surface area contributed by atoms with Crippen molar-refractivity contribution >= 4 is 39.9 Å². The number of hydrogen-bond acceptors (Lipinski definition) is 5. The van der Waals surface area contributed by atoms with E-state index >= 15 is 0 Å². The maximum Gasteiger partial charge on any atom is 0.283 e. The van der Waals surface area contributed by atoms with Gasteiger partial charge < -0.3 is 4.90 Å². The van der Waals surface area contributed by atoms with Crippen molar-refractivity contribution in [2.75, 3.05) is 13.1 Å². The van der Waals surface area contributed by atoms with Crippen molar-refractivity contribution < 1.29 is 4.79 Å². The van der Waals surface area contributed by atoms with Gasteiger partial charge in [0.15, 0.2) is 11.0 Å². The number of benzene rings is 1. The molecule has 6 nitrogen and oxygen atoms in total. The number of nitrogens with zero attached hydrogens (tertiary/aromatic N) is 4. The van der Waals surface area contributed by atoms with Crippen molar-refractivity contribution in [3.63, 3.8) is 0 Å². The Kier molecular flexibility index (Phi) is 4.40. The third kappa shape index (κ3) is 3.07. The SMILES string of the molecule is CC(C)c1ccc(/C=C2\C(=N)N3N=C(N4CCCC4)SC3=NC2=O)cc1. The molecule has 134 valence electrons. The van der Waals surface area contributed by atoms with Crippen molar-refractivity contribution in [1.82, 2.24) is 9.91 Å². The second-order valence-corrected chi connectivity index (χ2v) is 7.85. The average Bonchev–Trinajstić information content (AvgIpc) is 3.28. The molecule has 0 radical (unpaired) electrons. The molecule has 0 spiro atoms. The molecule has 3 aliphatic heterocycles. The molecule has 0 aliphatic carbocycles. The number of carbonyl (C=O) groups is 1. The van der Waals surface area contributed by atoms with Gasteiger partial charge in [-0.2, -0.15) is 10.0 Å². The molecular weight excluding hydrogens is 346 g/mol. The van der Waals surface area contributed by atoms with Crippen LogP contribution < -0.4 is 0 Å². The van der Waals surface area contributed by atoms with Gasteiger partial charge in [-0.25, -0.2) is 0 Å². The van der Waals surface area contributed by atoms with E-state index in [0.717, 1.165) is 36.7 Å². The summed E-state index contributed by atoms with van der Waals surface area (Å²) in [6, 6.07) is 8.05. The first-order valence-electron chi connectivity index (χ1n) is 8.88. The summed E-state index contributed by atoms with van der Waals surface area (Å²) in [4.78, 5) is 18.8. The molecule has 3 heterocycles. The van der Waals surface area contributed by atoms with E-state index in [0.29, 0.717) is 11.1 Å². The molecule has 7 heteroatoms. The van der Waals surface area contributed by atoms with Crippen LogP contribution in [0.1, 0.15) is 43.7 Å². The highest BCUT2D eigenvalue weighted by Crippen LogP contribution is 2.30. The minimum absolute atomic E-state index is 0.0923. The minimum atomic E-state index is -0.375. The van der Waals surface area contributed by atoms with Crippen molar-refractivity contribution in [3.8, 4) is 0 Å². The smallest absolute Gasteiger partial charge is 0.283 e. The molecule has 3 aliphatic rings. The summed E-state index contributed by atoms with van der Waals surface area (Å²) < 4.78 is 0. The van der Waals surface area contributed by atoms with Gasteiger partial charge >= 0.3 is 0 Å². The van der Waals surface area contributed by atoms with E-state index in [9.17, 15) is 4.79 Å². The molecule has 1 aromatic rings. The highest BCUT2D eigenvalue weighted by molar-refractivity contribution is 8.26. The molecule has 1 saturated heterocycles. The monoisotopic (exact) mass is 367 g/mol. The van der Waals surface area contributed by atoms with Crippen LogP contribution in [0.2, 0.25) is 0 Å². The zero-order chi connectivity index (χ0) is 18.3. The average molecular weight is 367 g/mol. The highest BCUT2D eigenvalue weighted by Gasteiger charge is 2.37. The van der Waals surface area contributed by atoms with E-state index in [1.54, 1.807) is 6.08 Å². The lowest BCUT2D eigenvalue weighted by Gasteiger charge is -2.20. The Labute approximate surface area is 157 Å². The summed E-state index contributed by atoms with van der Waals surface area (Å²) in [5.74, 6) is 0.174. The molecule has 1 N–H and O–H groups in total. The van der Waals surface area contributed by atoms with Crippen LogP contribution in [0.25, 0.3) is 6.08 Å². The number of rotatable bonds is 2. The summed E-state index contributed by atoms with van der Waals surface area (Å²) in [5, 5.41) is 15.8. The van der Waals surface area contributed by atoms with E-state index < -0.39 is 0 Å². The van der Waals surface area contributed by atoms with Gasteiger partial charge in [0.1, 0.15) is 0 Å². The number of likely N-dealkylation sites (tertiary alicyclic amines) is 1. The highest BCUT2D eigenvalue weighted by atomic mass is 32.2. The Hall–Kier alpha value is -2.41. The van der Waals surface area contributed by atoms with E-state index in [-0.39, 0.29) is 17.3 Å². The van der Waals surface area contributed by atoms with E-state index in [1.807, 2.05) is 12.1 Å². The zero-order valence-corrected chi connectivity index (χ0v) is 15.7. The molecule has 0 aromatic heterocycles. The van der Waals surface area contributed by atoms with Crippen molar-refractivity contribution in [2.24, 2.45) is 10.1 Å². The molecule has 1 fully saturated rings. The largest absolute Gasteiger partial charge is 0.349 e. The standard InChI is InChI=1S/C19H21N5OS/c1-12(2)14-7-5-13(6-8-14)11-15-16(20)24-18(21-17(15)25)26-19(22-24)23-9-3-4-10-23/h5-8,11-12,20H,3-4,9-10H2,1-2H3/b15-11+,20-16?. The normalized spacial score (nSPS) is 21.6. The van der Waals surface area contributed by atoms with Crippen LogP contribution in [-0.2, 0) is 4.79 Å². The fourth-order valence-electron chi connectivity index (χ4n) is 3.16. The Morgan fingerprint density at radius 1 is 1.15 bits per heavy atom. The third-order valence-electron chi connectivity index (χ3n) is 4.73. The summed E-state index contributed by atoms with van der Waals surface area (Å²) in [5.41, 5.74) is 2.41. The first-order chi connectivity index (χ1) is 12.5. The Balaban J connectivity index is 1.61. The topological polar surface area (TPSA) is 72.1 Å². The predicted molar refractivity (Wildman–Crippen MR) is 106 cm³/mol. The number of nitrogens with one attached hydrogen (secondary N) is 1. The maximum atomic E-state index is 12.5. The van der Waals surface area contributed by atoms with Gasteiger partial charge in [0.05, 0.1) is 5.57 Å². The van der Waals surface area contributed by atoms with Gasteiger partial charge in [-0.3, -0.25) is 10.2 Å². The van der Waals surface area contributed by atoms with Crippen molar-refractivity contribution in [1.29, 1.82) is 5.41 Å². The number of carbonyl (C=O) groups excluding carboxylic acids is 1. The summed E-state index contributed by atoms with van der Waals surface area (Å²) in [6.45, 7) is 6.23. The molecule has 0 bridgehead atoms. The van der Waals surface area contributed by atoms with Crippen LogP contribution in [-0.4, -0.2) is 45.1 Å². The van der Waals surface area contributed by atoms with Gasteiger partial charge in [0, 0.05) is 13.1 Å². The van der Waals surface area contributed by atoms with Gasteiger partial charge in [-0.15, -0.1) is 5.10 Å². The third-order valence-corrected chi connectivity index (χ3v) is 5.70. The number of hydrazone groups is 1. The summed E-state index contributed by atoms with van der Waals surface area (Å²) in [7, 11) is 0. The molecular formula is C19H21N5OS. The Bertz CT molecular complexity index is 847. The van der Waals surface area contributed by atoms with Gasteiger partial charge in [-0.1, -0.05) is 38.1 Å². The lowest BCUT2D eigenvalue weighted by Crippen LogP contribution is -2.35. The van der Waals surface area contributed by atoms with Crippen LogP contribution in [0.5, 0.6) is 0 Å². The predicted octanol–water partition coefficient (Wildman–Crippen LogP) is 3.48. The number of hydrogen-bond donors (Lipinski definition) is 1. The van der Waals surface area contributed by atoms with E-state index in [1.165, 1.54) is 22.3 Å². The second kappa shape index (κ2) is 6.72. The lowest BCUT2D eigenvalue weighted by molar-refractivity contribution is -0.114. The molecule has 0 atom stereocenters. The fourth-order valence-corrected chi connectivity index (χ4v) is 4.11. The minimum Gasteiger partial charge on any atom is -0.349 e. The summed E-state index contributed by atoms with van der Waals surface area (Å²) in [6.07, 6.45) is 4.03. The lowest BCUT2D eigenvalue weighted by atomic mass is 10.0. The number of amides is 1. The van der Waals surface area contributed by atoms with Gasteiger partial charge in [0.2, 0.25) is 5.17 Å². The molecule has 4 rings (SSSR count). The number of amidine groups is 3. The molecule has 0 unspecified atom stereocenters. The zero-order valence-electron chi connectivity index (χ0n) is 14.9. The van der Waals surface area contributed by atoms with E-state index in [4.69, 9.17) is 5.41 Å². The van der Waals surface area contributed by atoms with Crippen LogP contribution in [0, 0.1) is 5.41 Å². The number of fused-ring (bicyclic) bond motifs is 1.